The van der Waals surface area contributed by atoms with Crippen LogP contribution in [0.3, 0.4) is 0 Å². The van der Waals surface area contributed by atoms with E-state index < -0.39 is 0 Å². The monoisotopic (exact) mass is 249 g/mol. The zero-order valence-electron chi connectivity index (χ0n) is 8.55. The minimum absolute atomic E-state index is 0.461. The highest BCUT2D eigenvalue weighted by Crippen LogP contribution is 2.28. The molecule has 0 saturated heterocycles. The summed E-state index contributed by atoms with van der Waals surface area (Å²) in [5.74, 6) is 2.29. The Balaban J connectivity index is 2.57. The molecular weight excluding hydrogens is 234 g/mol. The van der Waals surface area contributed by atoms with Gasteiger partial charge in [-0.3, -0.25) is 0 Å². The van der Waals surface area contributed by atoms with Gasteiger partial charge in [0, 0.05) is 10.6 Å². The Morgan fingerprint density at radius 3 is 2.79 bits per heavy atom. The fraction of sp³-hybridized carbons (Fsp3) is 0.600. The molecule has 1 aromatic heterocycles. The van der Waals surface area contributed by atoms with Crippen LogP contribution in [-0.2, 0) is 0 Å². The molecule has 0 aliphatic rings. The lowest BCUT2D eigenvalue weighted by Gasteiger charge is -2.15. The van der Waals surface area contributed by atoms with E-state index in [2.05, 4.69) is 25.2 Å². The summed E-state index contributed by atoms with van der Waals surface area (Å²) in [6.07, 6.45) is 0. The smallest absolute Gasteiger partial charge is 0.0931 e. The molecule has 0 saturated carbocycles. The van der Waals surface area contributed by atoms with Crippen molar-refractivity contribution in [3.63, 3.8) is 0 Å². The van der Waals surface area contributed by atoms with Crippen LogP contribution in [0.15, 0.2) is 12.1 Å². The molecule has 1 N–H and O–H groups in total. The van der Waals surface area contributed by atoms with E-state index in [0.717, 1.165) is 16.6 Å². The van der Waals surface area contributed by atoms with Gasteiger partial charge in [-0.2, -0.15) is 11.8 Å². The quantitative estimate of drug-likeness (QED) is 0.823. The van der Waals surface area contributed by atoms with Crippen molar-refractivity contribution in [1.29, 1.82) is 0 Å². The summed E-state index contributed by atoms with van der Waals surface area (Å²) in [6, 6.07) is 4.56. The molecule has 80 valence electrons. The van der Waals surface area contributed by atoms with Crippen LogP contribution >= 0.6 is 34.7 Å². The average Bonchev–Trinajstić information content (AvgIpc) is 2.59. The maximum absolute atomic E-state index is 5.92. The van der Waals surface area contributed by atoms with Gasteiger partial charge in [0.1, 0.15) is 0 Å². The molecular formula is C10H16ClNS2. The molecule has 1 atom stereocenters. The lowest BCUT2D eigenvalue weighted by molar-refractivity contribution is 0.615. The highest BCUT2D eigenvalue weighted by Gasteiger charge is 2.11. The second-order valence-corrected chi connectivity index (χ2v) is 5.98. The minimum atomic E-state index is 0.461. The predicted molar refractivity (Wildman–Crippen MR) is 68.7 cm³/mol. The molecule has 0 radical (unpaired) electrons. The maximum Gasteiger partial charge on any atom is 0.0931 e. The van der Waals surface area contributed by atoms with Crippen LogP contribution in [-0.4, -0.2) is 18.1 Å². The van der Waals surface area contributed by atoms with E-state index in [9.17, 15) is 0 Å². The second-order valence-electron chi connectivity index (χ2n) is 2.91. The first-order valence-corrected chi connectivity index (χ1v) is 7.19. The summed E-state index contributed by atoms with van der Waals surface area (Å²) in [7, 11) is 0. The number of halogens is 1. The SMILES string of the molecule is CCNC(CSCC)c1ccc(Cl)s1. The van der Waals surface area contributed by atoms with E-state index in [1.165, 1.54) is 10.6 Å². The van der Waals surface area contributed by atoms with Gasteiger partial charge in [-0.25, -0.2) is 0 Å². The van der Waals surface area contributed by atoms with Crippen molar-refractivity contribution in [1.82, 2.24) is 5.32 Å². The number of nitrogens with one attached hydrogen (secondary N) is 1. The Bertz CT molecular complexity index is 262. The number of thioether (sulfide) groups is 1. The molecule has 1 unspecified atom stereocenters. The summed E-state index contributed by atoms with van der Waals surface area (Å²) in [6.45, 7) is 5.33. The van der Waals surface area contributed by atoms with E-state index in [1.807, 2.05) is 17.8 Å². The van der Waals surface area contributed by atoms with Crippen LogP contribution in [0.2, 0.25) is 4.34 Å². The molecule has 0 spiro atoms. The van der Waals surface area contributed by atoms with E-state index >= 15 is 0 Å². The van der Waals surface area contributed by atoms with Crippen molar-refractivity contribution in [2.75, 3.05) is 18.1 Å². The van der Waals surface area contributed by atoms with E-state index in [-0.39, 0.29) is 0 Å². The molecule has 4 heteroatoms. The fourth-order valence-corrected chi connectivity index (χ4v) is 3.25. The Kier molecular flexibility index (Phi) is 5.94. The van der Waals surface area contributed by atoms with Gasteiger partial charge in [0.15, 0.2) is 0 Å². The highest BCUT2D eigenvalue weighted by molar-refractivity contribution is 7.99. The van der Waals surface area contributed by atoms with Gasteiger partial charge in [0.05, 0.1) is 10.4 Å². The summed E-state index contributed by atoms with van der Waals surface area (Å²) >= 11 is 9.56. The van der Waals surface area contributed by atoms with Crippen LogP contribution in [0, 0.1) is 0 Å². The summed E-state index contributed by atoms with van der Waals surface area (Å²) < 4.78 is 0.879. The first-order valence-electron chi connectivity index (χ1n) is 4.84. The van der Waals surface area contributed by atoms with Crippen LogP contribution < -0.4 is 5.32 Å². The lowest BCUT2D eigenvalue weighted by atomic mass is 10.3. The molecule has 14 heavy (non-hydrogen) atoms. The molecule has 0 aliphatic heterocycles. The summed E-state index contributed by atoms with van der Waals surface area (Å²) in [5.41, 5.74) is 0. The molecule has 0 amide bonds. The molecule has 1 rings (SSSR count). The van der Waals surface area contributed by atoms with E-state index in [1.54, 1.807) is 11.3 Å². The third-order valence-corrected chi connectivity index (χ3v) is 4.20. The van der Waals surface area contributed by atoms with Crippen LogP contribution in [0.1, 0.15) is 24.8 Å². The summed E-state index contributed by atoms with van der Waals surface area (Å²) in [4.78, 5) is 1.35. The van der Waals surface area contributed by atoms with E-state index in [4.69, 9.17) is 11.6 Å². The predicted octanol–water partition coefficient (Wildman–Crippen LogP) is 3.81. The first kappa shape index (κ1) is 12.4. The van der Waals surface area contributed by atoms with Crippen molar-refractivity contribution < 1.29 is 0 Å². The molecule has 1 aromatic rings. The molecule has 0 bridgehead atoms. The normalized spacial score (nSPS) is 13.1. The van der Waals surface area contributed by atoms with Crippen LogP contribution in [0.4, 0.5) is 0 Å². The second kappa shape index (κ2) is 6.72. The maximum atomic E-state index is 5.92. The third-order valence-electron chi connectivity index (χ3n) is 1.88. The van der Waals surface area contributed by atoms with Crippen LogP contribution in [0.5, 0.6) is 0 Å². The average molecular weight is 250 g/mol. The Morgan fingerprint density at radius 2 is 2.29 bits per heavy atom. The standard InChI is InChI=1S/C10H16ClNS2/c1-3-12-8(7-13-4-2)9-5-6-10(11)14-9/h5-6,8,12H,3-4,7H2,1-2H3. The van der Waals surface area contributed by atoms with Gasteiger partial charge in [-0.05, 0) is 24.4 Å². The fourth-order valence-electron chi connectivity index (χ4n) is 1.24. The Hall–Kier alpha value is 0.300. The largest absolute Gasteiger partial charge is 0.309 e. The molecule has 1 nitrogen and oxygen atoms in total. The van der Waals surface area contributed by atoms with Gasteiger partial charge in [-0.1, -0.05) is 25.4 Å². The van der Waals surface area contributed by atoms with Gasteiger partial charge < -0.3 is 5.32 Å². The lowest BCUT2D eigenvalue weighted by Crippen LogP contribution is -2.22. The number of hydrogen-bond acceptors (Lipinski definition) is 3. The highest BCUT2D eigenvalue weighted by atomic mass is 35.5. The van der Waals surface area contributed by atoms with Crippen molar-refractivity contribution in [2.45, 2.75) is 19.9 Å². The van der Waals surface area contributed by atoms with Crippen LogP contribution in [0.25, 0.3) is 0 Å². The topological polar surface area (TPSA) is 12.0 Å². The van der Waals surface area contributed by atoms with Crippen molar-refractivity contribution in [3.05, 3.63) is 21.3 Å². The molecule has 1 heterocycles. The van der Waals surface area contributed by atoms with Gasteiger partial charge >= 0.3 is 0 Å². The van der Waals surface area contributed by atoms with Crippen molar-refractivity contribution >= 4 is 34.7 Å². The zero-order chi connectivity index (χ0) is 10.4. The Morgan fingerprint density at radius 1 is 1.50 bits per heavy atom. The molecule has 0 fully saturated rings. The van der Waals surface area contributed by atoms with Gasteiger partial charge in [0.25, 0.3) is 0 Å². The number of rotatable bonds is 6. The van der Waals surface area contributed by atoms with Gasteiger partial charge in [-0.15, -0.1) is 11.3 Å². The third kappa shape index (κ3) is 3.81. The zero-order valence-corrected chi connectivity index (χ0v) is 10.9. The Labute approximate surface area is 99.2 Å². The van der Waals surface area contributed by atoms with E-state index in [0.29, 0.717) is 6.04 Å². The van der Waals surface area contributed by atoms with Gasteiger partial charge in [0.2, 0.25) is 0 Å². The minimum Gasteiger partial charge on any atom is -0.309 e. The molecule has 0 aliphatic carbocycles. The first-order chi connectivity index (χ1) is 6.77. The summed E-state index contributed by atoms with van der Waals surface area (Å²) in [5, 5.41) is 3.48. The number of hydrogen-bond donors (Lipinski definition) is 1. The van der Waals surface area contributed by atoms with Crippen molar-refractivity contribution in [3.8, 4) is 0 Å². The molecule has 0 aromatic carbocycles. The number of thiophene rings is 1. The van der Waals surface area contributed by atoms with Crippen molar-refractivity contribution in [2.24, 2.45) is 0 Å².